The summed E-state index contributed by atoms with van der Waals surface area (Å²) in [6, 6.07) is 9.09. The number of rotatable bonds is 4. The summed E-state index contributed by atoms with van der Waals surface area (Å²) in [6.07, 6.45) is 1.58. The number of H-pyrrole nitrogens is 1. The average molecular weight is 245 g/mol. The highest BCUT2D eigenvalue weighted by Gasteiger charge is 2.10. The van der Waals surface area contributed by atoms with Gasteiger partial charge in [-0.15, -0.1) is 0 Å². The molecule has 0 saturated heterocycles. The van der Waals surface area contributed by atoms with Crippen LogP contribution in [0.15, 0.2) is 36.5 Å². The second-order valence-corrected chi connectivity index (χ2v) is 3.89. The van der Waals surface area contributed by atoms with Crippen LogP contribution in [0, 0.1) is 0 Å². The summed E-state index contributed by atoms with van der Waals surface area (Å²) >= 11 is 0. The van der Waals surface area contributed by atoms with Crippen molar-refractivity contribution in [1.82, 2.24) is 4.98 Å². The molecule has 4 N–H and O–H groups in total. The molecule has 1 amide bonds. The molecule has 1 aromatic heterocycles. The summed E-state index contributed by atoms with van der Waals surface area (Å²) in [6.45, 7) is 0.448. The van der Waals surface area contributed by atoms with Crippen LogP contribution in [0.4, 0.5) is 11.4 Å². The van der Waals surface area contributed by atoms with Crippen LogP contribution in [0.1, 0.15) is 16.1 Å². The summed E-state index contributed by atoms with van der Waals surface area (Å²) in [5.41, 5.74) is 8.18. The van der Waals surface area contributed by atoms with Crippen molar-refractivity contribution in [2.24, 2.45) is 0 Å². The first-order valence-electron chi connectivity index (χ1n) is 5.53. The molecule has 0 aliphatic heterocycles. The van der Waals surface area contributed by atoms with Crippen LogP contribution in [0.5, 0.6) is 0 Å². The summed E-state index contributed by atoms with van der Waals surface area (Å²) in [4.78, 5) is 14.8. The minimum Gasteiger partial charge on any atom is -0.397 e. The molecule has 94 valence electrons. The number of carbonyl (C=O) groups is 1. The number of para-hydroxylation sites is 1. The third-order valence-electron chi connectivity index (χ3n) is 2.52. The number of methoxy groups -OCH3 is 1. The van der Waals surface area contributed by atoms with Gasteiger partial charge in [-0.25, -0.2) is 0 Å². The Morgan fingerprint density at radius 3 is 2.89 bits per heavy atom. The molecule has 5 nitrogen and oxygen atoms in total. The van der Waals surface area contributed by atoms with Gasteiger partial charge in [0.15, 0.2) is 0 Å². The molecular formula is C13H15N3O2. The van der Waals surface area contributed by atoms with Gasteiger partial charge < -0.3 is 20.8 Å². The fraction of sp³-hybridized carbons (Fsp3) is 0.154. The number of aromatic nitrogens is 1. The van der Waals surface area contributed by atoms with Gasteiger partial charge in [0.2, 0.25) is 0 Å². The normalized spacial score (nSPS) is 10.3. The Kier molecular flexibility index (Phi) is 3.64. The van der Waals surface area contributed by atoms with E-state index in [1.807, 2.05) is 24.3 Å². The van der Waals surface area contributed by atoms with E-state index in [-0.39, 0.29) is 5.91 Å². The molecule has 0 unspecified atom stereocenters. The number of nitrogen functional groups attached to an aromatic ring is 1. The van der Waals surface area contributed by atoms with Crippen molar-refractivity contribution >= 4 is 17.3 Å². The van der Waals surface area contributed by atoms with E-state index in [1.54, 1.807) is 19.4 Å². The lowest BCUT2D eigenvalue weighted by atomic mass is 10.2. The Labute approximate surface area is 105 Å². The molecular weight excluding hydrogens is 230 g/mol. The highest BCUT2D eigenvalue weighted by atomic mass is 16.5. The van der Waals surface area contributed by atoms with Crippen molar-refractivity contribution in [3.05, 3.63) is 47.8 Å². The van der Waals surface area contributed by atoms with Crippen molar-refractivity contribution in [3.8, 4) is 0 Å². The zero-order chi connectivity index (χ0) is 13.0. The van der Waals surface area contributed by atoms with E-state index in [0.29, 0.717) is 18.0 Å². The van der Waals surface area contributed by atoms with Crippen LogP contribution in [0.3, 0.4) is 0 Å². The lowest BCUT2D eigenvalue weighted by Crippen LogP contribution is -2.13. The quantitative estimate of drug-likeness (QED) is 0.770. The van der Waals surface area contributed by atoms with Crippen molar-refractivity contribution in [2.75, 3.05) is 18.2 Å². The van der Waals surface area contributed by atoms with Crippen LogP contribution in [0.25, 0.3) is 0 Å². The van der Waals surface area contributed by atoms with Gasteiger partial charge in [-0.3, -0.25) is 4.79 Å². The zero-order valence-corrected chi connectivity index (χ0v) is 10.1. The van der Waals surface area contributed by atoms with Crippen LogP contribution >= 0.6 is 0 Å². The van der Waals surface area contributed by atoms with Crippen LogP contribution < -0.4 is 11.1 Å². The topological polar surface area (TPSA) is 80.1 Å². The van der Waals surface area contributed by atoms with Gasteiger partial charge in [-0.1, -0.05) is 18.2 Å². The molecule has 5 heteroatoms. The monoisotopic (exact) mass is 245 g/mol. The largest absolute Gasteiger partial charge is 0.397 e. The average Bonchev–Trinajstić information content (AvgIpc) is 2.79. The van der Waals surface area contributed by atoms with E-state index in [4.69, 9.17) is 10.5 Å². The van der Waals surface area contributed by atoms with Gasteiger partial charge in [0, 0.05) is 30.2 Å². The highest BCUT2D eigenvalue weighted by molar-refractivity contribution is 6.03. The molecule has 0 bridgehead atoms. The minimum atomic E-state index is -0.227. The number of amides is 1. The minimum absolute atomic E-state index is 0.227. The van der Waals surface area contributed by atoms with Crippen LogP contribution in [-0.2, 0) is 11.3 Å². The van der Waals surface area contributed by atoms with E-state index in [1.165, 1.54) is 0 Å². The van der Waals surface area contributed by atoms with Crippen molar-refractivity contribution in [1.29, 1.82) is 0 Å². The third-order valence-corrected chi connectivity index (χ3v) is 2.52. The Morgan fingerprint density at radius 1 is 1.44 bits per heavy atom. The van der Waals surface area contributed by atoms with E-state index in [9.17, 15) is 4.79 Å². The second kappa shape index (κ2) is 5.37. The lowest BCUT2D eigenvalue weighted by Gasteiger charge is -2.09. The number of carbonyl (C=O) groups excluding carboxylic acids is 1. The van der Waals surface area contributed by atoms with E-state index in [2.05, 4.69) is 10.3 Å². The summed E-state index contributed by atoms with van der Waals surface area (Å²) in [5.74, 6) is -0.227. The van der Waals surface area contributed by atoms with Gasteiger partial charge in [0.25, 0.3) is 5.91 Å². The molecule has 0 aliphatic carbocycles. The lowest BCUT2D eigenvalue weighted by molar-refractivity contribution is 0.102. The number of nitrogens with one attached hydrogen (secondary N) is 2. The van der Waals surface area contributed by atoms with E-state index in [0.717, 1.165) is 11.3 Å². The number of anilines is 2. The van der Waals surface area contributed by atoms with Crippen LogP contribution in [0.2, 0.25) is 0 Å². The SMILES string of the molecule is COCc1ccccc1NC(=O)c1cc(N)c[nH]1. The maximum Gasteiger partial charge on any atom is 0.272 e. The Bertz CT molecular complexity index is 549. The van der Waals surface area contributed by atoms with Crippen LogP contribution in [-0.4, -0.2) is 18.0 Å². The molecule has 2 aromatic rings. The van der Waals surface area contributed by atoms with Crippen molar-refractivity contribution < 1.29 is 9.53 Å². The van der Waals surface area contributed by atoms with Gasteiger partial charge >= 0.3 is 0 Å². The number of ether oxygens (including phenoxy) is 1. The molecule has 0 spiro atoms. The third kappa shape index (κ3) is 2.70. The van der Waals surface area contributed by atoms with Crippen molar-refractivity contribution in [2.45, 2.75) is 6.61 Å². The Balaban J connectivity index is 2.16. The number of hydrogen-bond donors (Lipinski definition) is 3. The zero-order valence-electron chi connectivity index (χ0n) is 10.1. The standard InChI is InChI=1S/C13H15N3O2/c1-18-8-9-4-2-3-5-11(9)16-13(17)12-6-10(14)7-15-12/h2-7,15H,8,14H2,1H3,(H,16,17). The maximum absolute atomic E-state index is 11.9. The first-order valence-corrected chi connectivity index (χ1v) is 5.53. The molecule has 2 rings (SSSR count). The molecule has 0 saturated carbocycles. The van der Waals surface area contributed by atoms with E-state index < -0.39 is 0 Å². The first kappa shape index (κ1) is 12.2. The highest BCUT2D eigenvalue weighted by Crippen LogP contribution is 2.17. The fourth-order valence-corrected chi connectivity index (χ4v) is 1.66. The van der Waals surface area contributed by atoms with Crippen molar-refractivity contribution in [3.63, 3.8) is 0 Å². The summed E-state index contributed by atoms with van der Waals surface area (Å²) < 4.78 is 5.08. The Morgan fingerprint density at radius 2 is 2.22 bits per heavy atom. The fourth-order valence-electron chi connectivity index (χ4n) is 1.66. The first-order chi connectivity index (χ1) is 8.70. The maximum atomic E-state index is 11.9. The number of nitrogens with two attached hydrogens (primary N) is 1. The molecule has 18 heavy (non-hydrogen) atoms. The van der Waals surface area contributed by atoms with E-state index >= 15 is 0 Å². The van der Waals surface area contributed by atoms with Gasteiger partial charge in [0.1, 0.15) is 5.69 Å². The Hall–Kier alpha value is -2.27. The second-order valence-electron chi connectivity index (χ2n) is 3.89. The predicted molar refractivity (Wildman–Crippen MR) is 70.3 cm³/mol. The molecule has 0 radical (unpaired) electrons. The molecule has 0 atom stereocenters. The molecule has 0 fully saturated rings. The van der Waals surface area contributed by atoms with Gasteiger partial charge in [0.05, 0.1) is 6.61 Å². The number of aromatic amines is 1. The van der Waals surface area contributed by atoms with Gasteiger partial charge in [-0.05, 0) is 12.1 Å². The number of benzene rings is 1. The molecule has 1 aromatic carbocycles. The molecule has 0 aliphatic rings. The van der Waals surface area contributed by atoms with Gasteiger partial charge in [-0.2, -0.15) is 0 Å². The summed E-state index contributed by atoms with van der Waals surface area (Å²) in [5, 5.41) is 2.82. The smallest absolute Gasteiger partial charge is 0.272 e. The molecule has 1 heterocycles. The number of hydrogen-bond acceptors (Lipinski definition) is 3. The predicted octanol–water partition coefficient (Wildman–Crippen LogP) is 2.00. The summed E-state index contributed by atoms with van der Waals surface area (Å²) in [7, 11) is 1.62.